The number of halogens is 1. The molecule has 3 aromatic rings. The second-order valence-electron chi connectivity index (χ2n) is 6.42. The van der Waals surface area contributed by atoms with Crippen molar-refractivity contribution in [3.63, 3.8) is 0 Å². The number of anilines is 1. The molecule has 0 aromatic heterocycles. The zero-order chi connectivity index (χ0) is 23.1. The molecule has 0 spiro atoms. The first kappa shape index (κ1) is 22.9. The molecule has 1 N–H and O–H groups in total. The van der Waals surface area contributed by atoms with Crippen molar-refractivity contribution in [3.8, 4) is 0 Å². The van der Waals surface area contributed by atoms with Crippen molar-refractivity contribution in [2.75, 3.05) is 10.8 Å². The van der Waals surface area contributed by atoms with Crippen LogP contribution in [-0.4, -0.2) is 32.0 Å². The lowest BCUT2D eigenvalue weighted by atomic mass is 10.2. The second kappa shape index (κ2) is 10.0. The maximum absolute atomic E-state index is 13.3. The number of nitrogens with one attached hydrogen (secondary N) is 1. The number of hydrogen-bond donors (Lipinski definition) is 1. The van der Waals surface area contributed by atoms with Gasteiger partial charge in [-0.15, -0.1) is 0 Å². The van der Waals surface area contributed by atoms with Crippen LogP contribution in [0.4, 0.5) is 11.4 Å². The largest absolute Gasteiger partial charge is 0.289 e. The third kappa shape index (κ3) is 5.48. The molecule has 1 amide bonds. The van der Waals surface area contributed by atoms with Crippen LogP contribution in [0.1, 0.15) is 5.56 Å². The predicted molar refractivity (Wildman–Crippen MR) is 121 cm³/mol. The minimum atomic E-state index is -4.45. The maximum atomic E-state index is 13.3. The topological polar surface area (TPSA) is 122 Å². The normalized spacial score (nSPS) is 11.3. The zero-order valence-electron chi connectivity index (χ0n) is 16.5. The fourth-order valence-electron chi connectivity index (χ4n) is 2.79. The Balaban J connectivity index is 1.89. The van der Waals surface area contributed by atoms with Crippen molar-refractivity contribution in [2.24, 2.45) is 5.10 Å². The highest BCUT2D eigenvalue weighted by Crippen LogP contribution is 2.29. The summed E-state index contributed by atoms with van der Waals surface area (Å²) in [5, 5.41) is 15.7. The molecule has 0 aliphatic rings. The number of carbonyl (C=O) groups excluding carboxylic acids is 1. The van der Waals surface area contributed by atoms with Crippen LogP contribution in [0.25, 0.3) is 0 Å². The summed E-state index contributed by atoms with van der Waals surface area (Å²) in [6.45, 7) is -0.648. The van der Waals surface area contributed by atoms with Gasteiger partial charge in [-0.05, 0) is 35.9 Å². The van der Waals surface area contributed by atoms with Crippen molar-refractivity contribution in [1.82, 2.24) is 5.43 Å². The molecule has 0 atom stereocenters. The number of sulfonamides is 1. The van der Waals surface area contributed by atoms with E-state index in [4.69, 9.17) is 11.6 Å². The van der Waals surface area contributed by atoms with Crippen molar-refractivity contribution >= 4 is 45.1 Å². The number of hydrazone groups is 1. The molecule has 3 aromatic carbocycles. The molecular weight excluding hydrogens is 456 g/mol. The summed E-state index contributed by atoms with van der Waals surface area (Å²) in [7, 11) is -4.45. The average Bonchev–Trinajstić information content (AvgIpc) is 2.78. The SMILES string of the molecule is O=C(CN(c1ccccc1)S(=O)(=O)c1ccccc1[N+](=O)[O-])N/N=C\c1cccc(Cl)c1. The van der Waals surface area contributed by atoms with Gasteiger partial charge in [-0.2, -0.15) is 5.10 Å². The summed E-state index contributed by atoms with van der Waals surface area (Å²) < 4.78 is 27.4. The number of amides is 1. The van der Waals surface area contributed by atoms with Gasteiger partial charge in [0, 0.05) is 11.1 Å². The Kier molecular flexibility index (Phi) is 7.18. The van der Waals surface area contributed by atoms with Crippen molar-refractivity contribution < 1.29 is 18.1 Å². The van der Waals surface area contributed by atoms with E-state index in [0.717, 1.165) is 16.4 Å². The number of benzene rings is 3. The van der Waals surface area contributed by atoms with Gasteiger partial charge in [0.05, 0.1) is 16.8 Å². The van der Waals surface area contributed by atoms with Gasteiger partial charge in [-0.25, -0.2) is 13.8 Å². The van der Waals surface area contributed by atoms with Gasteiger partial charge in [-0.3, -0.25) is 19.2 Å². The van der Waals surface area contributed by atoms with E-state index < -0.39 is 38.0 Å². The first-order valence-electron chi connectivity index (χ1n) is 9.18. The standard InChI is InChI=1S/C21H17ClN4O5S/c22-17-8-6-7-16(13-17)14-23-24-21(27)15-25(18-9-2-1-3-10-18)32(30,31)20-12-5-4-11-19(20)26(28)29/h1-14H,15H2,(H,24,27)/b23-14-. The summed E-state index contributed by atoms with van der Waals surface area (Å²) >= 11 is 5.90. The Bertz CT molecular complexity index is 1270. The summed E-state index contributed by atoms with van der Waals surface area (Å²) in [6, 6.07) is 19.5. The number of nitro groups is 1. The van der Waals surface area contributed by atoms with E-state index in [1.165, 1.54) is 30.5 Å². The van der Waals surface area contributed by atoms with Gasteiger partial charge in [0.15, 0.2) is 4.90 Å². The lowest BCUT2D eigenvalue weighted by Crippen LogP contribution is -2.39. The molecule has 11 heteroatoms. The third-order valence-electron chi connectivity index (χ3n) is 4.21. The monoisotopic (exact) mass is 472 g/mol. The molecule has 0 saturated heterocycles. The van der Waals surface area contributed by atoms with Crippen LogP contribution >= 0.6 is 11.6 Å². The van der Waals surface area contributed by atoms with Crippen molar-refractivity contribution in [3.05, 3.63) is 99.6 Å². The van der Waals surface area contributed by atoms with Crippen LogP contribution in [0.15, 0.2) is 88.9 Å². The third-order valence-corrected chi connectivity index (χ3v) is 6.27. The second-order valence-corrected chi connectivity index (χ2v) is 8.69. The molecule has 0 aliphatic carbocycles. The zero-order valence-corrected chi connectivity index (χ0v) is 18.0. The quantitative estimate of drug-likeness (QED) is 0.305. The Morgan fingerprint density at radius 1 is 1.06 bits per heavy atom. The highest BCUT2D eigenvalue weighted by Gasteiger charge is 2.32. The van der Waals surface area contributed by atoms with E-state index in [1.54, 1.807) is 42.5 Å². The molecule has 0 aliphatic heterocycles. The first-order valence-corrected chi connectivity index (χ1v) is 11.0. The number of para-hydroxylation sites is 2. The lowest BCUT2D eigenvalue weighted by molar-refractivity contribution is -0.387. The number of nitro benzene ring substituents is 1. The molecule has 3 rings (SSSR count). The van der Waals surface area contributed by atoms with Crippen LogP contribution in [0.3, 0.4) is 0 Å². The Morgan fingerprint density at radius 2 is 1.75 bits per heavy atom. The van der Waals surface area contributed by atoms with E-state index in [-0.39, 0.29) is 5.69 Å². The first-order chi connectivity index (χ1) is 15.3. The molecule has 0 heterocycles. The van der Waals surface area contributed by atoms with E-state index >= 15 is 0 Å². The van der Waals surface area contributed by atoms with E-state index in [0.29, 0.717) is 10.6 Å². The van der Waals surface area contributed by atoms with Gasteiger partial charge in [0.2, 0.25) is 0 Å². The predicted octanol–water partition coefficient (Wildman–Crippen LogP) is 3.59. The van der Waals surface area contributed by atoms with E-state index in [9.17, 15) is 23.3 Å². The summed E-state index contributed by atoms with van der Waals surface area (Å²) in [4.78, 5) is 22.5. The van der Waals surface area contributed by atoms with Crippen molar-refractivity contribution in [1.29, 1.82) is 0 Å². The van der Waals surface area contributed by atoms with Crippen LogP contribution in [0.2, 0.25) is 5.02 Å². The average molecular weight is 473 g/mol. The molecule has 164 valence electrons. The molecule has 0 bridgehead atoms. The van der Waals surface area contributed by atoms with Crippen molar-refractivity contribution in [2.45, 2.75) is 4.90 Å². The van der Waals surface area contributed by atoms with Gasteiger partial charge in [0.1, 0.15) is 6.54 Å². The number of nitrogens with zero attached hydrogens (tertiary/aromatic N) is 3. The molecule has 32 heavy (non-hydrogen) atoms. The number of carbonyl (C=O) groups is 1. The van der Waals surface area contributed by atoms with Gasteiger partial charge >= 0.3 is 0 Å². The molecule has 0 radical (unpaired) electrons. The smallest absolute Gasteiger partial charge is 0.271 e. The van der Waals surface area contributed by atoms with E-state index in [1.807, 2.05) is 0 Å². The Hall–Kier alpha value is -3.76. The molecule has 0 saturated carbocycles. The minimum Gasteiger partial charge on any atom is -0.271 e. The van der Waals surface area contributed by atoms with E-state index in [2.05, 4.69) is 10.5 Å². The number of hydrogen-bond acceptors (Lipinski definition) is 6. The molecule has 0 fully saturated rings. The van der Waals surface area contributed by atoms with Crippen LogP contribution in [-0.2, 0) is 14.8 Å². The number of rotatable bonds is 8. The molecule has 0 unspecified atom stereocenters. The summed E-state index contributed by atoms with van der Waals surface area (Å²) in [6.07, 6.45) is 1.35. The van der Waals surface area contributed by atoms with Gasteiger partial charge in [-0.1, -0.05) is 54.1 Å². The molecular formula is C21H17ClN4O5S. The summed E-state index contributed by atoms with van der Waals surface area (Å²) in [5.74, 6) is -0.741. The fraction of sp³-hybridized carbons (Fsp3) is 0.0476. The van der Waals surface area contributed by atoms with Crippen LogP contribution in [0.5, 0.6) is 0 Å². The highest BCUT2D eigenvalue weighted by molar-refractivity contribution is 7.93. The lowest BCUT2D eigenvalue weighted by Gasteiger charge is -2.23. The van der Waals surface area contributed by atoms with Gasteiger partial charge in [0.25, 0.3) is 21.6 Å². The molecule has 9 nitrogen and oxygen atoms in total. The Labute approximate surface area is 189 Å². The van der Waals surface area contributed by atoms with Gasteiger partial charge < -0.3 is 0 Å². The fourth-order valence-corrected chi connectivity index (χ4v) is 4.57. The van der Waals surface area contributed by atoms with Crippen LogP contribution in [0, 0.1) is 10.1 Å². The Morgan fingerprint density at radius 3 is 2.44 bits per heavy atom. The minimum absolute atomic E-state index is 0.166. The summed E-state index contributed by atoms with van der Waals surface area (Å²) in [5.41, 5.74) is 2.47. The highest BCUT2D eigenvalue weighted by atomic mass is 35.5. The van der Waals surface area contributed by atoms with Crippen LogP contribution < -0.4 is 9.73 Å². The maximum Gasteiger partial charge on any atom is 0.289 e.